The minimum Gasteiger partial charge on any atom is -0.289 e. The van der Waals surface area contributed by atoms with Crippen LogP contribution in [0.15, 0.2) is 49.2 Å². The van der Waals surface area contributed by atoms with Crippen LogP contribution in [0.1, 0.15) is 12.0 Å². The molecular weight excluding hydrogens is 292 g/mol. The van der Waals surface area contributed by atoms with E-state index in [1.165, 1.54) is 17.8 Å². The van der Waals surface area contributed by atoms with Crippen LogP contribution in [0, 0.1) is 0 Å². The molecule has 0 heterocycles. The molecule has 6 nitrogen and oxygen atoms in total. The van der Waals surface area contributed by atoms with E-state index in [9.17, 15) is 13.2 Å². The number of nitrogens with zero attached hydrogens (tertiary/aromatic N) is 1. The topological polar surface area (TPSA) is 86.7 Å². The van der Waals surface area contributed by atoms with Crippen molar-refractivity contribution >= 4 is 22.0 Å². The lowest BCUT2D eigenvalue weighted by molar-refractivity contribution is -0.129. The molecule has 0 radical (unpaired) electrons. The third-order valence-electron chi connectivity index (χ3n) is 2.60. The van der Waals surface area contributed by atoms with E-state index in [4.69, 9.17) is 5.21 Å². The monoisotopic (exact) mass is 310 g/mol. The summed E-state index contributed by atoms with van der Waals surface area (Å²) in [7, 11) is -3.58. The first kappa shape index (κ1) is 16.9. The number of hydrogen-bond acceptors (Lipinski definition) is 4. The van der Waals surface area contributed by atoms with Gasteiger partial charge in [-0.2, -0.15) is 0 Å². The third-order valence-corrected chi connectivity index (χ3v) is 4.28. The van der Waals surface area contributed by atoms with Crippen molar-refractivity contribution in [1.82, 2.24) is 9.79 Å². The fourth-order valence-electron chi connectivity index (χ4n) is 1.55. The molecule has 1 amide bonds. The zero-order valence-corrected chi connectivity index (χ0v) is 12.3. The Morgan fingerprint density at radius 3 is 2.57 bits per heavy atom. The molecular formula is C14H18N2O4S. The van der Waals surface area contributed by atoms with Gasteiger partial charge in [0.2, 0.25) is 15.9 Å². The molecule has 7 heteroatoms. The predicted octanol–water partition coefficient (Wildman–Crippen LogP) is 1.37. The summed E-state index contributed by atoms with van der Waals surface area (Å²) in [6, 6.07) is 9.18. The van der Waals surface area contributed by atoms with Gasteiger partial charge in [-0.1, -0.05) is 36.4 Å². The SMILES string of the molecule is C=CCS(=O)(=O)N(C=Cc1ccccc1)CCC(=O)NO. The zero-order valence-electron chi connectivity index (χ0n) is 11.5. The van der Waals surface area contributed by atoms with Crippen molar-refractivity contribution in [1.29, 1.82) is 0 Å². The molecule has 0 fully saturated rings. The lowest BCUT2D eigenvalue weighted by Gasteiger charge is -2.19. The van der Waals surface area contributed by atoms with Crippen LogP contribution in [0.4, 0.5) is 0 Å². The second-order valence-electron chi connectivity index (χ2n) is 4.19. The summed E-state index contributed by atoms with van der Waals surface area (Å²) in [5.41, 5.74) is 2.31. The number of sulfonamides is 1. The number of benzene rings is 1. The van der Waals surface area contributed by atoms with E-state index in [0.29, 0.717) is 0 Å². The Kier molecular flexibility index (Phi) is 6.64. The average molecular weight is 310 g/mol. The number of carbonyl (C=O) groups excluding carboxylic acids is 1. The number of hydrogen-bond donors (Lipinski definition) is 2. The molecule has 0 aliphatic rings. The highest BCUT2D eigenvalue weighted by Crippen LogP contribution is 2.08. The van der Waals surface area contributed by atoms with Gasteiger partial charge < -0.3 is 0 Å². The quantitative estimate of drug-likeness (QED) is 0.431. The largest absolute Gasteiger partial charge is 0.289 e. The summed E-state index contributed by atoms with van der Waals surface area (Å²) in [6.45, 7) is 3.35. The molecule has 1 aromatic rings. The Morgan fingerprint density at radius 1 is 1.33 bits per heavy atom. The van der Waals surface area contributed by atoms with Crippen LogP contribution in [0.5, 0.6) is 0 Å². The highest BCUT2D eigenvalue weighted by Gasteiger charge is 2.17. The molecule has 0 saturated carbocycles. The van der Waals surface area contributed by atoms with Crippen LogP contribution < -0.4 is 5.48 Å². The lowest BCUT2D eigenvalue weighted by Crippen LogP contribution is -2.32. The van der Waals surface area contributed by atoms with Crippen molar-refractivity contribution in [2.75, 3.05) is 12.3 Å². The van der Waals surface area contributed by atoms with Crippen molar-refractivity contribution in [3.05, 3.63) is 54.8 Å². The maximum atomic E-state index is 12.1. The molecule has 1 aromatic carbocycles. The molecule has 0 saturated heterocycles. The van der Waals surface area contributed by atoms with E-state index < -0.39 is 15.9 Å². The number of rotatable bonds is 8. The van der Waals surface area contributed by atoms with Crippen molar-refractivity contribution in [3.8, 4) is 0 Å². The Bertz CT molecular complexity index is 597. The van der Waals surface area contributed by atoms with Gasteiger partial charge in [-0.05, 0) is 11.6 Å². The molecule has 0 bridgehead atoms. The number of amides is 1. The fourth-order valence-corrected chi connectivity index (χ4v) is 2.66. The fraction of sp³-hybridized carbons (Fsp3) is 0.214. The second-order valence-corrected chi connectivity index (χ2v) is 6.16. The van der Waals surface area contributed by atoms with Crippen LogP contribution in [0.25, 0.3) is 6.08 Å². The Hall–Kier alpha value is -2.12. The van der Waals surface area contributed by atoms with Crippen LogP contribution in [0.3, 0.4) is 0 Å². The summed E-state index contributed by atoms with van der Waals surface area (Å²) >= 11 is 0. The van der Waals surface area contributed by atoms with Crippen molar-refractivity contribution in [2.24, 2.45) is 0 Å². The third kappa shape index (κ3) is 5.80. The van der Waals surface area contributed by atoms with E-state index in [1.54, 1.807) is 6.08 Å². The zero-order chi connectivity index (χ0) is 15.7. The van der Waals surface area contributed by atoms with Gasteiger partial charge in [0.1, 0.15) is 0 Å². The van der Waals surface area contributed by atoms with Crippen LogP contribution in [0.2, 0.25) is 0 Å². The van der Waals surface area contributed by atoms with Gasteiger partial charge in [0, 0.05) is 19.2 Å². The van der Waals surface area contributed by atoms with Crippen molar-refractivity contribution in [3.63, 3.8) is 0 Å². The van der Waals surface area contributed by atoms with Crippen LogP contribution >= 0.6 is 0 Å². The molecule has 0 aromatic heterocycles. The van der Waals surface area contributed by atoms with Crippen LogP contribution in [-0.4, -0.2) is 36.1 Å². The van der Waals surface area contributed by atoms with Crippen molar-refractivity contribution < 1.29 is 18.4 Å². The summed E-state index contributed by atoms with van der Waals surface area (Å²) in [5, 5.41) is 8.46. The van der Waals surface area contributed by atoms with Gasteiger partial charge in [0.05, 0.1) is 5.75 Å². The molecule has 2 N–H and O–H groups in total. The lowest BCUT2D eigenvalue weighted by atomic mass is 10.2. The van der Waals surface area contributed by atoms with Crippen molar-refractivity contribution in [2.45, 2.75) is 6.42 Å². The molecule has 0 aliphatic carbocycles. The first-order chi connectivity index (χ1) is 9.99. The first-order valence-electron chi connectivity index (χ1n) is 6.26. The number of nitrogens with one attached hydrogen (secondary N) is 1. The Labute approximate surface area is 124 Å². The van der Waals surface area contributed by atoms with E-state index in [1.807, 2.05) is 30.3 Å². The molecule has 1 rings (SSSR count). The first-order valence-corrected chi connectivity index (χ1v) is 7.87. The smallest absolute Gasteiger partial charge is 0.245 e. The van der Waals surface area contributed by atoms with E-state index in [-0.39, 0.29) is 18.7 Å². The predicted molar refractivity (Wildman–Crippen MR) is 80.7 cm³/mol. The summed E-state index contributed by atoms with van der Waals surface area (Å²) in [6.07, 6.45) is 4.17. The standard InChI is InChI=1S/C14H18N2O4S/c1-2-12-21(19,20)16(11-9-14(17)15-18)10-8-13-6-4-3-5-7-13/h2-8,10,18H,1,9,11-12H2,(H,15,17). The van der Waals surface area contributed by atoms with Gasteiger partial charge in [-0.15, -0.1) is 6.58 Å². The maximum absolute atomic E-state index is 12.1. The minimum absolute atomic E-state index is 0.0636. The Balaban J connectivity index is 2.88. The summed E-state index contributed by atoms with van der Waals surface area (Å²) in [5.74, 6) is -0.880. The Morgan fingerprint density at radius 2 is 2.00 bits per heavy atom. The van der Waals surface area contributed by atoms with Gasteiger partial charge in [-0.3, -0.25) is 14.3 Å². The van der Waals surface area contributed by atoms with E-state index in [0.717, 1.165) is 9.87 Å². The maximum Gasteiger partial charge on any atom is 0.245 e. The van der Waals surface area contributed by atoms with E-state index in [2.05, 4.69) is 6.58 Å². The summed E-state index contributed by atoms with van der Waals surface area (Å²) < 4.78 is 25.2. The van der Waals surface area contributed by atoms with Gasteiger partial charge in [-0.25, -0.2) is 13.9 Å². The molecule has 21 heavy (non-hydrogen) atoms. The number of hydroxylamine groups is 1. The van der Waals surface area contributed by atoms with Gasteiger partial charge >= 0.3 is 0 Å². The highest BCUT2D eigenvalue weighted by atomic mass is 32.2. The molecule has 0 atom stereocenters. The van der Waals surface area contributed by atoms with Gasteiger partial charge in [0.25, 0.3) is 0 Å². The molecule has 0 spiro atoms. The number of carbonyl (C=O) groups is 1. The van der Waals surface area contributed by atoms with E-state index >= 15 is 0 Å². The molecule has 114 valence electrons. The molecule has 0 aliphatic heterocycles. The molecule has 0 unspecified atom stereocenters. The second kappa shape index (κ2) is 8.23. The average Bonchev–Trinajstić information content (AvgIpc) is 2.47. The highest BCUT2D eigenvalue weighted by molar-refractivity contribution is 7.89. The minimum atomic E-state index is -3.58. The van der Waals surface area contributed by atoms with Crippen LogP contribution in [-0.2, 0) is 14.8 Å². The summed E-state index contributed by atoms with van der Waals surface area (Å²) in [4.78, 5) is 11.0. The normalized spacial score (nSPS) is 11.3. The van der Waals surface area contributed by atoms with Gasteiger partial charge in [0.15, 0.2) is 0 Å².